The summed E-state index contributed by atoms with van der Waals surface area (Å²) in [6, 6.07) is 0. The minimum Gasteiger partial charge on any atom is -0.388 e. The number of aliphatic hydroxyl groups is 1. The molecule has 0 saturated carbocycles. The Kier molecular flexibility index (Phi) is 5.08. The Morgan fingerprint density at radius 3 is 2.88 bits per heavy atom. The fraction of sp³-hybridized carbons (Fsp3) is 0.625. The molecule has 1 aliphatic rings. The Morgan fingerprint density at radius 1 is 1.54 bits per heavy atom. The maximum absolute atomic E-state index is 12.3. The van der Waals surface area contributed by atoms with Crippen molar-refractivity contribution in [2.45, 2.75) is 51.7 Å². The molecule has 0 spiro atoms. The van der Waals surface area contributed by atoms with Gasteiger partial charge < -0.3 is 14.6 Å². The van der Waals surface area contributed by atoms with Gasteiger partial charge >= 0.3 is 0 Å². The van der Waals surface area contributed by atoms with Crippen LogP contribution in [0.1, 0.15) is 33.4 Å². The highest BCUT2D eigenvalue weighted by molar-refractivity contribution is 5.91. The fourth-order valence-electron chi connectivity index (χ4n) is 2.97. The maximum atomic E-state index is 12.3. The number of rotatable bonds is 5. The molecule has 1 amide bonds. The number of carbonyl (C=O) groups is 1. The van der Waals surface area contributed by atoms with Crippen LogP contribution in [0.15, 0.2) is 11.1 Å². The van der Waals surface area contributed by atoms with Crippen LogP contribution >= 0.6 is 0 Å². The van der Waals surface area contributed by atoms with Crippen LogP contribution < -0.4 is 10.9 Å². The average Bonchev–Trinajstić information content (AvgIpc) is 3.15. The van der Waals surface area contributed by atoms with Gasteiger partial charge in [0.15, 0.2) is 17.4 Å². The highest BCUT2D eigenvalue weighted by atomic mass is 16.6. The number of nitrogens with one attached hydrogen (secondary N) is 2. The maximum Gasteiger partial charge on any atom is 0.280 e. The van der Waals surface area contributed by atoms with Gasteiger partial charge in [-0.2, -0.15) is 4.98 Å². The van der Waals surface area contributed by atoms with Gasteiger partial charge in [-0.15, -0.1) is 0 Å². The number of ether oxygens (including phenoxy) is 2. The molecule has 0 aliphatic carbocycles. The van der Waals surface area contributed by atoms with Gasteiger partial charge in [0.05, 0.1) is 12.4 Å². The van der Waals surface area contributed by atoms with Gasteiger partial charge in [-0.1, -0.05) is 20.8 Å². The molecular formula is C16H23N5O5. The number of H-pyrrole nitrogens is 1. The van der Waals surface area contributed by atoms with Gasteiger partial charge in [0.1, 0.15) is 12.2 Å². The van der Waals surface area contributed by atoms with Crippen LogP contribution in [-0.4, -0.2) is 56.0 Å². The number of imidazole rings is 1. The summed E-state index contributed by atoms with van der Waals surface area (Å²) in [6.45, 7) is 5.37. The number of anilines is 1. The highest BCUT2D eigenvalue weighted by Crippen LogP contribution is 2.34. The number of carbonyl (C=O) groups excluding carboxylic acids is 1. The van der Waals surface area contributed by atoms with Crippen molar-refractivity contribution in [1.82, 2.24) is 19.5 Å². The zero-order chi connectivity index (χ0) is 19.0. The molecule has 1 fully saturated rings. The van der Waals surface area contributed by atoms with Crippen molar-refractivity contribution in [3.63, 3.8) is 0 Å². The third-order valence-corrected chi connectivity index (χ3v) is 4.46. The first-order valence-corrected chi connectivity index (χ1v) is 8.51. The molecule has 1 saturated heterocycles. The molecule has 0 bridgehead atoms. The summed E-state index contributed by atoms with van der Waals surface area (Å²) in [5, 5.41) is 12.9. The number of hydrogen-bond donors (Lipinski definition) is 3. The van der Waals surface area contributed by atoms with Crippen molar-refractivity contribution in [3.8, 4) is 0 Å². The van der Waals surface area contributed by atoms with Crippen LogP contribution in [-0.2, 0) is 14.3 Å². The largest absolute Gasteiger partial charge is 0.388 e. The molecule has 142 valence electrons. The van der Waals surface area contributed by atoms with E-state index in [1.807, 2.05) is 6.92 Å². The number of fused-ring (bicyclic) bond motifs is 1. The Bertz CT molecular complexity index is 860. The summed E-state index contributed by atoms with van der Waals surface area (Å²) in [6.07, 6.45) is -0.505. The molecule has 3 heterocycles. The van der Waals surface area contributed by atoms with Crippen LogP contribution in [0.4, 0.5) is 5.95 Å². The van der Waals surface area contributed by atoms with E-state index >= 15 is 0 Å². The lowest BCUT2D eigenvalue weighted by Gasteiger charge is -2.20. The normalized spacial score (nSPS) is 25.9. The standard InChI is InChI=1S/C16H23N5O5/c1-5-8-10(22)11(25-4)15(26-8)21-6-17-9-12(21)18-16(20-14(9)24)19-13(23)7(2)3/h6-8,10-11,15,22H,5H2,1-4H3,(H2,18,19,20,23,24)/t8-,10-,11-,15-/m1/s1. The van der Waals surface area contributed by atoms with E-state index in [9.17, 15) is 14.7 Å². The summed E-state index contributed by atoms with van der Waals surface area (Å²) in [4.78, 5) is 35.1. The fourth-order valence-corrected chi connectivity index (χ4v) is 2.97. The Balaban J connectivity index is 2.03. The third kappa shape index (κ3) is 3.11. The predicted octanol–water partition coefficient (Wildman–Crippen LogP) is 0.397. The van der Waals surface area contributed by atoms with Crippen molar-refractivity contribution >= 4 is 23.0 Å². The number of nitrogens with zero attached hydrogens (tertiary/aromatic N) is 3. The van der Waals surface area contributed by atoms with Crippen LogP contribution in [0.5, 0.6) is 0 Å². The molecule has 3 N–H and O–H groups in total. The molecule has 26 heavy (non-hydrogen) atoms. The Hall–Kier alpha value is -2.30. The molecule has 10 heteroatoms. The lowest BCUT2D eigenvalue weighted by molar-refractivity contribution is -0.118. The average molecular weight is 365 g/mol. The van der Waals surface area contributed by atoms with E-state index in [-0.39, 0.29) is 28.9 Å². The second kappa shape index (κ2) is 7.14. The molecule has 3 rings (SSSR count). The highest BCUT2D eigenvalue weighted by Gasteiger charge is 2.44. The number of aromatic nitrogens is 4. The minimum atomic E-state index is -0.811. The SMILES string of the molecule is CC[C@H]1O[C@@H](n2cnc3c(=O)[nH]c(NC(=O)C(C)C)nc32)[C@H](OC)[C@@H]1O. The van der Waals surface area contributed by atoms with Gasteiger partial charge in [0.25, 0.3) is 5.56 Å². The number of aromatic amines is 1. The summed E-state index contributed by atoms with van der Waals surface area (Å²) in [5.41, 5.74) is -0.128. The molecule has 4 atom stereocenters. The van der Waals surface area contributed by atoms with Gasteiger partial charge in [-0.25, -0.2) is 4.98 Å². The molecule has 0 aromatic carbocycles. The minimum absolute atomic E-state index is 0.0301. The third-order valence-electron chi connectivity index (χ3n) is 4.46. The van der Waals surface area contributed by atoms with E-state index in [1.165, 1.54) is 13.4 Å². The van der Waals surface area contributed by atoms with Crippen LogP contribution in [0.25, 0.3) is 11.2 Å². The summed E-state index contributed by atoms with van der Waals surface area (Å²) < 4.78 is 12.8. The lowest BCUT2D eigenvalue weighted by Crippen LogP contribution is -2.33. The monoisotopic (exact) mass is 365 g/mol. The van der Waals surface area contributed by atoms with E-state index in [0.29, 0.717) is 6.42 Å². The zero-order valence-electron chi connectivity index (χ0n) is 15.1. The molecule has 2 aromatic heterocycles. The van der Waals surface area contributed by atoms with Gasteiger partial charge in [-0.3, -0.25) is 24.5 Å². The summed E-state index contributed by atoms with van der Waals surface area (Å²) in [7, 11) is 1.48. The number of aliphatic hydroxyl groups excluding tert-OH is 1. The topological polar surface area (TPSA) is 131 Å². The molecule has 2 aromatic rings. The van der Waals surface area contributed by atoms with Crippen molar-refractivity contribution < 1.29 is 19.4 Å². The summed E-state index contributed by atoms with van der Waals surface area (Å²) in [5.74, 6) is -0.508. The van der Waals surface area contributed by atoms with E-state index < -0.39 is 30.1 Å². The van der Waals surface area contributed by atoms with Gasteiger partial charge in [0.2, 0.25) is 11.9 Å². The molecular weight excluding hydrogens is 342 g/mol. The molecule has 10 nitrogen and oxygen atoms in total. The number of methoxy groups -OCH3 is 1. The van der Waals surface area contributed by atoms with Gasteiger partial charge in [0, 0.05) is 13.0 Å². The first-order chi connectivity index (χ1) is 12.4. The Labute approximate surface area is 149 Å². The molecule has 1 aliphatic heterocycles. The summed E-state index contributed by atoms with van der Waals surface area (Å²) >= 11 is 0. The molecule has 0 unspecified atom stereocenters. The van der Waals surface area contributed by atoms with Crippen LogP contribution in [0.2, 0.25) is 0 Å². The van der Waals surface area contributed by atoms with E-state index in [4.69, 9.17) is 9.47 Å². The number of hydrogen-bond acceptors (Lipinski definition) is 7. The van der Waals surface area contributed by atoms with E-state index in [0.717, 1.165) is 0 Å². The van der Waals surface area contributed by atoms with Crippen molar-refractivity contribution in [1.29, 1.82) is 0 Å². The quantitative estimate of drug-likeness (QED) is 0.699. The van der Waals surface area contributed by atoms with Crippen LogP contribution in [0, 0.1) is 5.92 Å². The predicted molar refractivity (Wildman–Crippen MR) is 92.6 cm³/mol. The second-order valence-corrected chi connectivity index (χ2v) is 6.55. The Morgan fingerprint density at radius 2 is 2.27 bits per heavy atom. The first kappa shape index (κ1) is 18.5. The lowest BCUT2D eigenvalue weighted by atomic mass is 10.1. The second-order valence-electron chi connectivity index (χ2n) is 6.55. The zero-order valence-corrected chi connectivity index (χ0v) is 15.1. The smallest absolute Gasteiger partial charge is 0.280 e. The number of amides is 1. The molecule has 0 radical (unpaired) electrons. The van der Waals surface area contributed by atoms with E-state index in [1.54, 1.807) is 18.4 Å². The van der Waals surface area contributed by atoms with Crippen LogP contribution in [0.3, 0.4) is 0 Å². The first-order valence-electron chi connectivity index (χ1n) is 8.51. The van der Waals surface area contributed by atoms with Crippen molar-refractivity contribution in [2.75, 3.05) is 12.4 Å². The van der Waals surface area contributed by atoms with Crippen molar-refractivity contribution in [2.24, 2.45) is 5.92 Å². The van der Waals surface area contributed by atoms with Crippen molar-refractivity contribution in [3.05, 3.63) is 16.7 Å². The van der Waals surface area contributed by atoms with Gasteiger partial charge in [-0.05, 0) is 6.42 Å². The van der Waals surface area contributed by atoms with E-state index in [2.05, 4.69) is 20.3 Å².